The number of carboxylic acid groups (broad SMARTS) is 1. The van der Waals surface area contributed by atoms with Gasteiger partial charge in [0.05, 0.1) is 5.41 Å². The monoisotopic (exact) mass is 261 g/mol. The summed E-state index contributed by atoms with van der Waals surface area (Å²) in [6.45, 7) is 5.91. The van der Waals surface area contributed by atoms with Crippen LogP contribution in [0.15, 0.2) is 30.3 Å². The van der Waals surface area contributed by atoms with E-state index < -0.39 is 11.4 Å². The summed E-state index contributed by atoms with van der Waals surface area (Å²) in [5, 5.41) is 9.67. The molecule has 1 aromatic rings. The molecule has 2 atom stereocenters. The number of likely N-dealkylation sites (tertiary alicyclic amines) is 1. The van der Waals surface area contributed by atoms with Crippen molar-refractivity contribution in [3.8, 4) is 0 Å². The van der Waals surface area contributed by atoms with Gasteiger partial charge >= 0.3 is 5.97 Å². The molecule has 3 heteroatoms. The summed E-state index contributed by atoms with van der Waals surface area (Å²) in [4.78, 5) is 14.1. The Bertz CT molecular complexity index is 432. The lowest BCUT2D eigenvalue weighted by molar-refractivity contribution is -0.148. The molecule has 0 bridgehead atoms. The van der Waals surface area contributed by atoms with Crippen LogP contribution in [0.5, 0.6) is 0 Å². The van der Waals surface area contributed by atoms with Crippen LogP contribution < -0.4 is 0 Å². The van der Waals surface area contributed by atoms with Gasteiger partial charge in [0.1, 0.15) is 0 Å². The van der Waals surface area contributed by atoms with Gasteiger partial charge in [0.2, 0.25) is 0 Å². The summed E-state index contributed by atoms with van der Waals surface area (Å²) in [7, 11) is 0. The Morgan fingerprint density at radius 1 is 1.42 bits per heavy atom. The van der Waals surface area contributed by atoms with E-state index in [0.29, 0.717) is 19.0 Å². The highest BCUT2D eigenvalue weighted by atomic mass is 16.4. The molecule has 2 unspecified atom stereocenters. The average molecular weight is 261 g/mol. The van der Waals surface area contributed by atoms with Gasteiger partial charge in [0.15, 0.2) is 0 Å². The maximum atomic E-state index is 11.8. The van der Waals surface area contributed by atoms with E-state index in [1.165, 1.54) is 0 Å². The zero-order valence-electron chi connectivity index (χ0n) is 11.8. The highest BCUT2D eigenvalue weighted by molar-refractivity contribution is 5.76. The van der Waals surface area contributed by atoms with Crippen LogP contribution in [0.1, 0.15) is 32.3 Å². The van der Waals surface area contributed by atoms with Crippen molar-refractivity contribution >= 4 is 5.97 Å². The molecule has 0 saturated carbocycles. The topological polar surface area (TPSA) is 40.5 Å². The maximum Gasteiger partial charge on any atom is 0.311 e. The fourth-order valence-corrected chi connectivity index (χ4v) is 2.92. The molecule has 104 valence electrons. The minimum absolute atomic E-state index is 0.469. The number of nitrogens with zero attached hydrogens (tertiary/aromatic N) is 1. The summed E-state index contributed by atoms with van der Waals surface area (Å²) >= 11 is 0. The van der Waals surface area contributed by atoms with E-state index in [1.807, 2.05) is 30.3 Å². The predicted molar refractivity (Wildman–Crippen MR) is 76.2 cm³/mol. The summed E-state index contributed by atoms with van der Waals surface area (Å²) in [5.74, 6) is -0.651. The molecule has 1 fully saturated rings. The first kappa shape index (κ1) is 14.1. The Hall–Kier alpha value is -1.35. The van der Waals surface area contributed by atoms with E-state index in [4.69, 9.17) is 0 Å². The molecule has 0 radical (unpaired) electrons. The van der Waals surface area contributed by atoms with Crippen LogP contribution in [0.3, 0.4) is 0 Å². The number of rotatable bonds is 5. The second-order valence-corrected chi connectivity index (χ2v) is 5.73. The van der Waals surface area contributed by atoms with Gasteiger partial charge in [-0.15, -0.1) is 0 Å². The number of carboxylic acids is 1. The van der Waals surface area contributed by atoms with Gasteiger partial charge in [0, 0.05) is 12.6 Å². The maximum absolute atomic E-state index is 11.8. The van der Waals surface area contributed by atoms with Gasteiger partial charge in [0.25, 0.3) is 0 Å². The first-order chi connectivity index (χ1) is 9.07. The first-order valence-corrected chi connectivity index (χ1v) is 7.09. The molecular weight excluding hydrogens is 238 g/mol. The van der Waals surface area contributed by atoms with Crippen molar-refractivity contribution in [2.75, 3.05) is 13.1 Å². The van der Waals surface area contributed by atoms with Crippen LogP contribution in [0.4, 0.5) is 0 Å². The average Bonchev–Trinajstić information content (AvgIpc) is 2.84. The van der Waals surface area contributed by atoms with E-state index >= 15 is 0 Å². The molecule has 19 heavy (non-hydrogen) atoms. The lowest BCUT2D eigenvalue weighted by atomic mass is 9.81. The summed E-state index contributed by atoms with van der Waals surface area (Å²) < 4.78 is 0. The van der Waals surface area contributed by atoms with Crippen LogP contribution in [0.25, 0.3) is 0 Å². The zero-order valence-corrected chi connectivity index (χ0v) is 11.8. The molecule has 0 aliphatic carbocycles. The molecule has 2 rings (SSSR count). The van der Waals surface area contributed by atoms with Crippen LogP contribution in [-0.4, -0.2) is 35.1 Å². The SMILES string of the molecule is CCC(C)N1CCC(Cc2ccccc2)(C(=O)O)C1. The van der Waals surface area contributed by atoms with Crippen molar-refractivity contribution in [3.63, 3.8) is 0 Å². The summed E-state index contributed by atoms with van der Waals surface area (Å²) in [5.41, 5.74) is 0.515. The third kappa shape index (κ3) is 2.98. The Kier molecular flexibility index (Phi) is 4.25. The summed E-state index contributed by atoms with van der Waals surface area (Å²) in [6.07, 6.45) is 2.46. The van der Waals surface area contributed by atoms with Gasteiger partial charge in [-0.2, -0.15) is 0 Å². The fourth-order valence-electron chi connectivity index (χ4n) is 2.92. The number of aliphatic carboxylic acids is 1. The Labute approximate surface area is 115 Å². The number of benzene rings is 1. The first-order valence-electron chi connectivity index (χ1n) is 7.09. The minimum atomic E-state index is -0.651. The standard InChI is InChI=1S/C16H23NO2/c1-3-13(2)17-10-9-16(12-17,15(18)19)11-14-7-5-4-6-8-14/h4-8,13H,3,9-12H2,1-2H3,(H,18,19). The van der Waals surface area contributed by atoms with E-state index in [1.54, 1.807) is 0 Å². The molecule has 1 aliphatic rings. The minimum Gasteiger partial charge on any atom is -0.481 e. The van der Waals surface area contributed by atoms with Crippen molar-refractivity contribution in [2.24, 2.45) is 5.41 Å². The highest BCUT2D eigenvalue weighted by Crippen LogP contribution is 2.35. The van der Waals surface area contributed by atoms with Crippen LogP contribution in [-0.2, 0) is 11.2 Å². The van der Waals surface area contributed by atoms with E-state index in [9.17, 15) is 9.90 Å². The van der Waals surface area contributed by atoms with Crippen molar-refractivity contribution in [2.45, 2.75) is 39.2 Å². The molecule has 0 aromatic heterocycles. The van der Waals surface area contributed by atoms with E-state index in [0.717, 1.165) is 24.9 Å². The largest absolute Gasteiger partial charge is 0.481 e. The number of hydrogen-bond acceptors (Lipinski definition) is 2. The van der Waals surface area contributed by atoms with Crippen LogP contribution >= 0.6 is 0 Å². The third-order valence-corrected chi connectivity index (χ3v) is 4.44. The normalized spacial score (nSPS) is 25.4. The van der Waals surface area contributed by atoms with E-state index in [2.05, 4.69) is 18.7 Å². The number of carbonyl (C=O) groups is 1. The fraction of sp³-hybridized carbons (Fsp3) is 0.562. The van der Waals surface area contributed by atoms with Gasteiger partial charge < -0.3 is 5.11 Å². The number of hydrogen-bond donors (Lipinski definition) is 1. The third-order valence-electron chi connectivity index (χ3n) is 4.44. The molecule has 0 amide bonds. The quantitative estimate of drug-likeness (QED) is 0.886. The molecule has 1 heterocycles. The van der Waals surface area contributed by atoms with Crippen LogP contribution in [0.2, 0.25) is 0 Å². The molecule has 1 N–H and O–H groups in total. The predicted octanol–water partition coefficient (Wildman–Crippen LogP) is 2.80. The smallest absolute Gasteiger partial charge is 0.311 e. The molecule has 0 spiro atoms. The molecular formula is C16H23NO2. The van der Waals surface area contributed by atoms with Gasteiger partial charge in [-0.3, -0.25) is 9.69 Å². The highest BCUT2D eigenvalue weighted by Gasteiger charge is 2.45. The van der Waals surface area contributed by atoms with Crippen molar-refractivity contribution in [3.05, 3.63) is 35.9 Å². The van der Waals surface area contributed by atoms with Gasteiger partial charge in [-0.25, -0.2) is 0 Å². The second-order valence-electron chi connectivity index (χ2n) is 5.73. The van der Waals surface area contributed by atoms with Gasteiger partial charge in [-0.05, 0) is 38.3 Å². The Morgan fingerprint density at radius 3 is 2.68 bits per heavy atom. The zero-order chi connectivity index (χ0) is 13.9. The molecule has 1 aliphatic heterocycles. The molecule has 1 saturated heterocycles. The van der Waals surface area contributed by atoms with Crippen LogP contribution in [0, 0.1) is 5.41 Å². The van der Waals surface area contributed by atoms with Crippen molar-refractivity contribution in [1.29, 1.82) is 0 Å². The second kappa shape index (κ2) is 5.74. The lowest BCUT2D eigenvalue weighted by Crippen LogP contribution is -2.39. The van der Waals surface area contributed by atoms with Crippen molar-refractivity contribution < 1.29 is 9.90 Å². The summed E-state index contributed by atoms with van der Waals surface area (Å²) in [6, 6.07) is 10.4. The van der Waals surface area contributed by atoms with E-state index in [-0.39, 0.29) is 0 Å². The Balaban J connectivity index is 2.15. The lowest BCUT2D eigenvalue weighted by Gasteiger charge is -2.27. The van der Waals surface area contributed by atoms with Crippen molar-refractivity contribution in [1.82, 2.24) is 4.90 Å². The Morgan fingerprint density at radius 2 is 2.11 bits per heavy atom. The molecule has 1 aromatic carbocycles. The van der Waals surface area contributed by atoms with Gasteiger partial charge in [-0.1, -0.05) is 37.3 Å². The molecule has 3 nitrogen and oxygen atoms in total.